The molecule has 0 aliphatic rings. The van der Waals surface area contributed by atoms with Gasteiger partial charge in [-0.25, -0.2) is 0 Å². The molecule has 1 aromatic rings. The smallest absolute Gasteiger partial charge is 0.237 e. The highest BCUT2D eigenvalue weighted by molar-refractivity contribution is 7.99. The van der Waals surface area contributed by atoms with E-state index in [4.69, 9.17) is 5.73 Å². The Labute approximate surface area is 142 Å². The molecule has 0 fully saturated rings. The van der Waals surface area contributed by atoms with Gasteiger partial charge in [-0.15, -0.1) is 24.2 Å². The molecule has 2 atom stereocenters. The molecule has 21 heavy (non-hydrogen) atoms. The summed E-state index contributed by atoms with van der Waals surface area (Å²) in [5.41, 5.74) is 6.97. The van der Waals surface area contributed by atoms with Gasteiger partial charge in [0.15, 0.2) is 0 Å². The first-order valence-electron chi connectivity index (χ1n) is 6.86. The molecule has 120 valence electrons. The third-order valence-corrected chi connectivity index (χ3v) is 4.56. The quantitative estimate of drug-likeness (QED) is 0.706. The zero-order valence-corrected chi connectivity index (χ0v) is 15.2. The normalized spacial score (nSPS) is 13.1. The highest BCUT2D eigenvalue weighted by Gasteiger charge is 2.16. The third-order valence-electron chi connectivity index (χ3n) is 3.02. The number of benzene rings is 1. The lowest BCUT2D eigenvalue weighted by atomic mass is 10.1. The molecule has 0 bridgehead atoms. The summed E-state index contributed by atoms with van der Waals surface area (Å²) in [6.45, 7) is 4.12. The largest absolute Gasteiger partial charge is 0.348 e. The summed E-state index contributed by atoms with van der Waals surface area (Å²) in [4.78, 5) is 13.2. The van der Waals surface area contributed by atoms with Crippen LogP contribution in [0.2, 0.25) is 0 Å². The molecule has 0 radical (unpaired) electrons. The fraction of sp³-hybridized carbons (Fsp3) is 0.533. The van der Waals surface area contributed by atoms with Gasteiger partial charge in [-0.05, 0) is 48.8 Å². The number of carbonyl (C=O) groups is 1. The van der Waals surface area contributed by atoms with E-state index in [0.29, 0.717) is 6.42 Å². The number of thioether (sulfide) groups is 2. The van der Waals surface area contributed by atoms with Gasteiger partial charge in [0.25, 0.3) is 0 Å². The van der Waals surface area contributed by atoms with Crippen molar-refractivity contribution in [2.45, 2.75) is 37.2 Å². The van der Waals surface area contributed by atoms with E-state index in [-0.39, 0.29) is 24.4 Å². The van der Waals surface area contributed by atoms with Crippen LogP contribution >= 0.6 is 35.9 Å². The molecule has 6 heteroatoms. The number of amides is 1. The predicted molar refractivity (Wildman–Crippen MR) is 97.6 cm³/mol. The minimum atomic E-state index is -0.417. The predicted octanol–water partition coefficient (Wildman–Crippen LogP) is 3.48. The van der Waals surface area contributed by atoms with Crippen molar-refractivity contribution in [1.82, 2.24) is 5.32 Å². The number of nitrogens with two attached hydrogens (primary N) is 1. The topological polar surface area (TPSA) is 55.1 Å². The van der Waals surface area contributed by atoms with Crippen LogP contribution in [0.15, 0.2) is 29.2 Å². The van der Waals surface area contributed by atoms with Crippen LogP contribution in [-0.4, -0.2) is 29.7 Å². The van der Waals surface area contributed by atoms with Gasteiger partial charge in [-0.1, -0.05) is 19.1 Å². The van der Waals surface area contributed by atoms with E-state index in [2.05, 4.69) is 36.5 Å². The molecule has 1 rings (SSSR count). The molecular weight excluding hydrogens is 324 g/mol. The fourth-order valence-corrected chi connectivity index (χ4v) is 2.95. The van der Waals surface area contributed by atoms with Crippen molar-refractivity contribution in [3.63, 3.8) is 0 Å². The van der Waals surface area contributed by atoms with Gasteiger partial charge in [0, 0.05) is 4.90 Å². The summed E-state index contributed by atoms with van der Waals surface area (Å²) in [6.07, 6.45) is 2.73. The van der Waals surface area contributed by atoms with Crippen molar-refractivity contribution in [2.75, 3.05) is 17.8 Å². The van der Waals surface area contributed by atoms with Crippen LogP contribution in [0, 0.1) is 0 Å². The second-order valence-corrected chi connectivity index (χ2v) is 6.94. The van der Waals surface area contributed by atoms with Crippen molar-refractivity contribution >= 4 is 41.8 Å². The van der Waals surface area contributed by atoms with Gasteiger partial charge in [-0.2, -0.15) is 11.8 Å². The summed E-state index contributed by atoms with van der Waals surface area (Å²) in [6, 6.07) is 7.90. The number of nitrogens with one attached hydrogen (secondary N) is 1. The molecule has 0 aliphatic heterocycles. The second-order valence-electron chi connectivity index (χ2n) is 4.62. The monoisotopic (exact) mass is 348 g/mol. The average Bonchev–Trinajstić information content (AvgIpc) is 2.45. The number of carbonyl (C=O) groups excluding carboxylic acids is 1. The number of rotatable bonds is 8. The molecule has 0 aromatic heterocycles. The molecule has 0 saturated carbocycles. The first-order valence-corrected chi connectivity index (χ1v) is 9.24. The van der Waals surface area contributed by atoms with E-state index in [1.807, 2.05) is 24.9 Å². The van der Waals surface area contributed by atoms with Crippen LogP contribution in [0.1, 0.15) is 31.9 Å². The Kier molecular flexibility index (Phi) is 11.0. The maximum Gasteiger partial charge on any atom is 0.237 e. The maximum atomic E-state index is 12.0. The Balaban J connectivity index is 0.00000400. The van der Waals surface area contributed by atoms with Crippen LogP contribution in [0.5, 0.6) is 0 Å². The summed E-state index contributed by atoms with van der Waals surface area (Å²) >= 11 is 3.52. The molecular formula is C15H25ClN2OS2. The van der Waals surface area contributed by atoms with Gasteiger partial charge in [0.2, 0.25) is 5.91 Å². The Morgan fingerprint density at radius 3 is 2.48 bits per heavy atom. The molecule has 0 saturated heterocycles. The van der Waals surface area contributed by atoms with Crippen LogP contribution in [0.4, 0.5) is 0 Å². The Morgan fingerprint density at radius 1 is 1.33 bits per heavy atom. The van der Waals surface area contributed by atoms with Crippen molar-refractivity contribution in [1.29, 1.82) is 0 Å². The molecule has 1 amide bonds. The Hall–Kier alpha value is -0.360. The first-order chi connectivity index (χ1) is 9.58. The summed E-state index contributed by atoms with van der Waals surface area (Å²) in [7, 11) is 0. The second kappa shape index (κ2) is 11.2. The molecule has 3 N–H and O–H groups in total. The van der Waals surface area contributed by atoms with E-state index < -0.39 is 6.04 Å². The Bertz CT molecular complexity index is 415. The lowest BCUT2D eigenvalue weighted by molar-refractivity contribution is -0.123. The molecule has 0 heterocycles. The van der Waals surface area contributed by atoms with Crippen LogP contribution in [0.3, 0.4) is 0 Å². The van der Waals surface area contributed by atoms with Crippen molar-refractivity contribution in [3.8, 4) is 0 Å². The zero-order valence-electron chi connectivity index (χ0n) is 12.8. The van der Waals surface area contributed by atoms with Gasteiger partial charge in [0.1, 0.15) is 0 Å². The fourth-order valence-electron chi connectivity index (χ4n) is 1.80. The van der Waals surface area contributed by atoms with E-state index in [1.165, 1.54) is 4.90 Å². The first kappa shape index (κ1) is 20.6. The molecule has 1 aromatic carbocycles. The number of hydrogen-bond donors (Lipinski definition) is 2. The van der Waals surface area contributed by atoms with Gasteiger partial charge in [0.05, 0.1) is 12.1 Å². The van der Waals surface area contributed by atoms with E-state index in [9.17, 15) is 4.79 Å². The summed E-state index contributed by atoms with van der Waals surface area (Å²) < 4.78 is 0. The lowest BCUT2D eigenvalue weighted by Gasteiger charge is -2.18. The van der Waals surface area contributed by atoms with E-state index in [0.717, 1.165) is 17.1 Å². The van der Waals surface area contributed by atoms with Crippen LogP contribution in [0.25, 0.3) is 0 Å². The standard InChI is InChI=1S/C15H24N2OS2.ClH/c1-4-20-13-7-5-12(6-8-13)11(2)17-15(18)14(16)9-10-19-3;/h5-8,11,14H,4,9-10,16H2,1-3H3,(H,17,18);1H/t11?,14-;/m0./s1. The van der Waals surface area contributed by atoms with Crippen LogP contribution < -0.4 is 11.1 Å². The Morgan fingerprint density at radius 2 is 1.95 bits per heavy atom. The molecule has 0 spiro atoms. The summed E-state index contributed by atoms with van der Waals surface area (Å²) in [5, 5.41) is 2.98. The molecule has 3 nitrogen and oxygen atoms in total. The zero-order chi connectivity index (χ0) is 15.0. The minimum absolute atomic E-state index is 0. The number of hydrogen-bond acceptors (Lipinski definition) is 4. The van der Waals surface area contributed by atoms with Crippen molar-refractivity contribution in [2.24, 2.45) is 5.73 Å². The summed E-state index contributed by atoms with van der Waals surface area (Å²) in [5.74, 6) is 1.90. The lowest BCUT2D eigenvalue weighted by Crippen LogP contribution is -2.41. The van der Waals surface area contributed by atoms with E-state index >= 15 is 0 Å². The van der Waals surface area contributed by atoms with Gasteiger partial charge >= 0.3 is 0 Å². The van der Waals surface area contributed by atoms with Crippen LogP contribution in [-0.2, 0) is 4.79 Å². The SMILES string of the molecule is CCSc1ccc(C(C)NC(=O)[C@@H](N)CCSC)cc1.Cl. The number of halogens is 1. The van der Waals surface area contributed by atoms with Gasteiger partial charge in [-0.3, -0.25) is 4.79 Å². The van der Waals surface area contributed by atoms with Crippen molar-refractivity contribution in [3.05, 3.63) is 29.8 Å². The van der Waals surface area contributed by atoms with Crippen molar-refractivity contribution < 1.29 is 4.79 Å². The minimum Gasteiger partial charge on any atom is -0.348 e. The molecule has 1 unspecified atom stereocenters. The highest BCUT2D eigenvalue weighted by atomic mass is 35.5. The average molecular weight is 349 g/mol. The maximum absolute atomic E-state index is 12.0. The van der Waals surface area contributed by atoms with Gasteiger partial charge < -0.3 is 11.1 Å². The highest BCUT2D eigenvalue weighted by Crippen LogP contribution is 2.20. The third kappa shape index (κ3) is 7.45. The van der Waals surface area contributed by atoms with E-state index in [1.54, 1.807) is 11.8 Å². The molecule has 0 aliphatic carbocycles.